The maximum Gasteiger partial charge on any atom is 0.0662 e. The van der Waals surface area contributed by atoms with Gasteiger partial charge in [-0.25, -0.2) is 0 Å². The molecule has 1 rings (SSSR count). The van der Waals surface area contributed by atoms with Crippen molar-refractivity contribution >= 4 is 0 Å². The Labute approximate surface area is 87.6 Å². The highest BCUT2D eigenvalue weighted by Crippen LogP contribution is 2.26. The minimum atomic E-state index is 0.0984. The van der Waals surface area contributed by atoms with E-state index in [1.54, 1.807) is 0 Å². The third-order valence-corrected chi connectivity index (χ3v) is 3.25. The molecule has 3 heteroatoms. The monoisotopic (exact) mass is 200 g/mol. The van der Waals surface area contributed by atoms with Gasteiger partial charge in [-0.1, -0.05) is 6.92 Å². The van der Waals surface area contributed by atoms with Crippen LogP contribution in [0, 0.1) is 0 Å². The molecule has 0 saturated carbocycles. The second-order valence-corrected chi connectivity index (χ2v) is 4.46. The van der Waals surface area contributed by atoms with E-state index in [1.165, 1.54) is 6.42 Å². The Morgan fingerprint density at radius 3 is 2.57 bits per heavy atom. The average Bonchev–Trinajstić information content (AvgIpc) is 2.19. The summed E-state index contributed by atoms with van der Waals surface area (Å²) < 4.78 is 5.59. The summed E-state index contributed by atoms with van der Waals surface area (Å²) in [5, 5.41) is 0. The third kappa shape index (κ3) is 2.27. The SMILES string of the molecule is CCN(C(C)C)C1(CN)CCCOC1. The number of nitrogens with two attached hydrogens (primary N) is 1. The quantitative estimate of drug-likeness (QED) is 0.741. The highest BCUT2D eigenvalue weighted by atomic mass is 16.5. The van der Waals surface area contributed by atoms with Crippen LogP contribution in [0.25, 0.3) is 0 Å². The number of likely N-dealkylation sites (N-methyl/N-ethyl adjacent to an activating group) is 1. The molecule has 1 aliphatic rings. The van der Waals surface area contributed by atoms with E-state index in [1.807, 2.05) is 0 Å². The first kappa shape index (κ1) is 12.0. The minimum absolute atomic E-state index is 0.0984. The largest absolute Gasteiger partial charge is 0.379 e. The molecule has 0 aromatic rings. The van der Waals surface area contributed by atoms with Gasteiger partial charge in [0.1, 0.15) is 0 Å². The van der Waals surface area contributed by atoms with E-state index < -0.39 is 0 Å². The zero-order chi connectivity index (χ0) is 10.6. The van der Waals surface area contributed by atoms with Crippen LogP contribution in [0.3, 0.4) is 0 Å². The van der Waals surface area contributed by atoms with Gasteiger partial charge in [-0.05, 0) is 33.2 Å². The zero-order valence-corrected chi connectivity index (χ0v) is 9.75. The number of hydrogen-bond acceptors (Lipinski definition) is 3. The number of rotatable bonds is 4. The lowest BCUT2D eigenvalue weighted by molar-refractivity contribution is -0.0555. The van der Waals surface area contributed by atoms with Gasteiger partial charge in [0.25, 0.3) is 0 Å². The summed E-state index contributed by atoms with van der Waals surface area (Å²) in [5.41, 5.74) is 6.03. The maximum atomic E-state index is 5.93. The minimum Gasteiger partial charge on any atom is -0.379 e. The molecule has 0 radical (unpaired) electrons. The number of nitrogens with zero attached hydrogens (tertiary/aromatic N) is 1. The van der Waals surface area contributed by atoms with Crippen LogP contribution in [0.4, 0.5) is 0 Å². The van der Waals surface area contributed by atoms with Crippen molar-refractivity contribution < 1.29 is 4.74 Å². The fraction of sp³-hybridized carbons (Fsp3) is 1.00. The summed E-state index contributed by atoms with van der Waals surface area (Å²) in [6, 6.07) is 0.547. The van der Waals surface area contributed by atoms with Crippen LogP contribution in [0.1, 0.15) is 33.6 Å². The highest BCUT2D eigenvalue weighted by Gasteiger charge is 2.37. The molecule has 0 aromatic heterocycles. The fourth-order valence-corrected chi connectivity index (χ4v) is 2.59. The molecular weight excluding hydrogens is 176 g/mol. The van der Waals surface area contributed by atoms with E-state index in [9.17, 15) is 0 Å². The highest BCUT2D eigenvalue weighted by molar-refractivity contribution is 4.94. The van der Waals surface area contributed by atoms with Crippen LogP contribution in [0.15, 0.2) is 0 Å². The molecule has 0 aliphatic carbocycles. The molecule has 1 atom stereocenters. The van der Waals surface area contributed by atoms with E-state index in [4.69, 9.17) is 10.5 Å². The van der Waals surface area contributed by atoms with Crippen molar-refractivity contribution in [3.63, 3.8) is 0 Å². The van der Waals surface area contributed by atoms with Crippen molar-refractivity contribution in [2.24, 2.45) is 5.73 Å². The van der Waals surface area contributed by atoms with Crippen molar-refractivity contribution in [2.45, 2.75) is 45.2 Å². The molecule has 1 aliphatic heterocycles. The van der Waals surface area contributed by atoms with E-state index in [0.29, 0.717) is 12.6 Å². The second kappa shape index (κ2) is 5.10. The Morgan fingerprint density at radius 1 is 1.50 bits per heavy atom. The van der Waals surface area contributed by atoms with E-state index in [-0.39, 0.29) is 5.54 Å². The predicted octanol–water partition coefficient (Wildman–Crippen LogP) is 1.22. The summed E-state index contributed by atoms with van der Waals surface area (Å²) in [7, 11) is 0. The first-order valence-corrected chi connectivity index (χ1v) is 5.71. The standard InChI is InChI=1S/C11H24N2O/c1-4-13(10(2)3)11(8-12)6-5-7-14-9-11/h10H,4-9,12H2,1-3H3. The third-order valence-electron chi connectivity index (χ3n) is 3.25. The van der Waals surface area contributed by atoms with Crippen molar-refractivity contribution in [1.29, 1.82) is 0 Å². The molecular formula is C11H24N2O. The molecule has 1 unspecified atom stereocenters. The average molecular weight is 200 g/mol. The Balaban J connectivity index is 2.74. The molecule has 2 N–H and O–H groups in total. The lowest BCUT2D eigenvalue weighted by Gasteiger charge is -2.47. The Kier molecular flexibility index (Phi) is 4.35. The van der Waals surface area contributed by atoms with Crippen LogP contribution in [0.5, 0.6) is 0 Å². The molecule has 84 valence electrons. The van der Waals surface area contributed by atoms with Gasteiger partial charge in [-0.3, -0.25) is 4.90 Å². The van der Waals surface area contributed by atoms with Crippen LogP contribution < -0.4 is 5.73 Å². The summed E-state index contributed by atoms with van der Waals surface area (Å²) in [6.07, 6.45) is 2.32. The molecule has 14 heavy (non-hydrogen) atoms. The Bertz CT molecular complexity index is 165. The number of hydrogen-bond donors (Lipinski definition) is 1. The smallest absolute Gasteiger partial charge is 0.0662 e. The lowest BCUT2D eigenvalue weighted by Crippen LogP contribution is -2.60. The van der Waals surface area contributed by atoms with E-state index in [2.05, 4.69) is 25.7 Å². The molecule has 0 bridgehead atoms. The van der Waals surface area contributed by atoms with Crippen molar-refractivity contribution in [1.82, 2.24) is 4.90 Å². The fourth-order valence-electron chi connectivity index (χ4n) is 2.59. The maximum absolute atomic E-state index is 5.93. The van der Waals surface area contributed by atoms with Crippen molar-refractivity contribution in [3.05, 3.63) is 0 Å². The second-order valence-electron chi connectivity index (χ2n) is 4.46. The van der Waals surface area contributed by atoms with Crippen LogP contribution in [0.2, 0.25) is 0 Å². The molecule has 0 aromatic carbocycles. The van der Waals surface area contributed by atoms with Crippen molar-refractivity contribution in [2.75, 3.05) is 26.3 Å². The van der Waals surface area contributed by atoms with Gasteiger partial charge in [-0.2, -0.15) is 0 Å². The normalized spacial score (nSPS) is 28.7. The summed E-state index contributed by atoms with van der Waals surface area (Å²) >= 11 is 0. The molecule has 1 fully saturated rings. The Hall–Kier alpha value is -0.120. The molecule has 0 spiro atoms. The van der Waals surface area contributed by atoms with Gasteiger partial charge in [0.05, 0.1) is 12.1 Å². The number of ether oxygens (including phenoxy) is 1. The van der Waals surface area contributed by atoms with Crippen LogP contribution in [-0.2, 0) is 4.74 Å². The molecule has 3 nitrogen and oxygen atoms in total. The predicted molar refractivity (Wildman–Crippen MR) is 59.4 cm³/mol. The van der Waals surface area contributed by atoms with Gasteiger partial charge in [0, 0.05) is 19.2 Å². The molecule has 0 amide bonds. The molecule has 1 saturated heterocycles. The first-order chi connectivity index (χ1) is 6.66. The zero-order valence-electron chi connectivity index (χ0n) is 9.75. The first-order valence-electron chi connectivity index (χ1n) is 5.71. The van der Waals surface area contributed by atoms with Crippen molar-refractivity contribution in [3.8, 4) is 0 Å². The van der Waals surface area contributed by atoms with E-state index in [0.717, 1.165) is 26.2 Å². The lowest BCUT2D eigenvalue weighted by atomic mass is 9.89. The topological polar surface area (TPSA) is 38.5 Å². The molecule has 1 heterocycles. The van der Waals surface area contributed by atoms with Gasteiger partial charge in [0.15, 0.2) is 0 Å². The van der Waals surface area contributed by atoms with Gasteiger partial charge in [0.2, 0.25) is 0 Å². The van der Waals surface area contributed by atoms with Gasteiger partial charge in [-0.15, -0.1) is 0 Å². The Morgan fingerprint density at radius 2 is 2.21 bits per heavy atom. The van der Waals surface area contributed by atoms with Gasteiger partial charge >= 0.3 is 0 Å². The summed E-state index contributed by atoms with van der Waals surface area (Å²) in [5.74, 6) is 0. The van der Waals surface area contributed by atoms with Crippen LogP contribution >= 0.6 is 0 Å². The van der Waals surface area contributed by atoms with Crippen LogP contribution in [-0.4, -0.2) is 42.8 Å². The van der Waals surface area contributed by atoms with Gasteiger partial charge < -0.3 is 10.5 Å². The summed E-state index contributed by atoms with van der Waals surface area (Å²) in [4.78, 5) is 2.48. The van der Waals surface area contributed by atoms with E-state index >= 15 is 0 Å². The summed E-state index contributed by atoms with van der Waals surface area (Å²) in [6.45, 7) is 10.1.